The molecule has 0 saturated carbocycles. The van der Waals surface area contributed by atoms with E-state index in [1.165, 1.54) is 17.2 Å². The fourth-order valence-electron chi connectivity index (χ4n) is 1.57. The van der Waals surface area contributed by atoms with E-state index in [2.05, 4.69) is 4.98 Å². The molecule has 19 heavy (non-hydrogen) atoms. The Kier molecular flexibility index (Phi) is 5.57. The lowest BCUT2D eigenvalue weighted by atomic mass is 10.1. The minimum Gasteiger partial charge on any atom is -0.368 e. The molecule has 1 aromatic heterocycles. The summed E-state index contributed by atoms with van der Waals surface area (Å²) in [4.78, 5) is 28.4. The van der Waals surface area contributed by atoms with E-state index in [-0.39, 0.29) is 34.1 Å². The van der Waals surface area contributed by atoms with Gasteiger partial charge in [-0.2, -0.15) is 0 Å². The summed E-state index contributed by atoms with van der Waals surface area (Å²) in [5.74, 6) is -0.709. The van der Waals surface area contributed by atoms with Crippen LogP contribution in [0.1, 0.15) is 24.2 Å². The van der Waals surface area contributed by atoms with Crippen LogP contribution in [0.2, 0.25) is 10.2 Å². The first-order chi connectivity index (χ1) is 8.81. The van der Waals surface area contributed by atoms with Gasteiger partial charge < -0.3 is 10.6 Å². The Morgan fingerprint density at radius 2 is 2.05 bits per heavy atom. The van der Waals surface area contributed by atoms with Crippen LogP contribution in [-0.2, 0) is 4.79 Å². The SMILES string of the molecule is CC(C)CN(CC(N)=O)C(=O)c1cnc(Cl)c(Cl)c1. The highest BCUT2D eigenvalue weighted by molar-refractivity contribution is 6.41. The second kappa shape index (κ2) is 6.73. The third-order valence-corrected chi connectivity index (χ3v) is 2.95. The Labute approximate surface area is 121 Å². The zero-order chi connectivity index (χ0) is 14.6. The molecule has 2 N–H and O–H groups in total. The monoisotopic (exact) mass is 303 g/mol. The van der Waals surface area contributed by atoms with E-state index in [1.54, 1.807) is 0 Å². The average molecular weight is 304 g/mol. The third kappa shape index (κ3) is 4.69. The molecule has 0 spiro atoms. The summed E-state index contributed by atoms with van der Waals surface area (Å²) in [6, 6.07) is 1.42. The third-order valence-electron chi connectivity index (χ3n) is 2.26. The van der Waals surface area contributed by atoms with E-state index < -0.39 is 5.91 Å². The maximum absolute atomic E-state index is 12.3. The van der Waals surface area contributed by atoms with Gasteiger partial charge in [-0.05, 0) is 12.0 Å². The van der Waals surface area contributed by atoms with Gasteiger partial charge in [0.25, 0.3) is 5.91 Å². The molecule has 1 heterocycles. The standard InChI is InChI=1S/C12H15Cl2N3O2/c1-7(2)5-17(6-10(15)18)12(19)8-3-9(13)11(14)16-4-8/h3-4,7H,5-6H2,1-2H3,(H2,15,18). The number of aromatic nitrogens is 1. The Bertz CT molecular complexity index is 492. The van der Waals surface area contributed by atoms with Gasteiger partial charge in [0.1, 0.15) is 5.15 Å². The summed E-state index contributed by atoms with van der Waals surface area (Å²) in [5.41, 5.74) is 5.42. The predicted octanol–water partition coefficient (Wildman–Crippen LogP) is 1.97. The van der Waals surface area contributed by atoms with Crippen LogP contribution in [0.5, 0.6) is 0 Å². The first-order valence-electron chi connectivity index (χ1n) is 5.70. The van der Waals surface area contributed by atoms with Crippen LogP contribution >= 0.6 is 23.2 Å². The number of carbonyl (C=O) groups excluding carboxylic acids is 2. The molecule has 0 radical (unpaired) electrons. The molecular formula is C12H15Cl2N3O2. The molecule has 0 aliphatic carbocycles. The molecule has 104 valence electrons. The van der Waals surface area contributed by atoms with Crippen molar-refractivity contribution in [1.29, 1.82) is 0 Å². The maximum Gasteiger partial charge on any atom is 0.255 e. The van der Waals surface area contributed by atoms with Crippen LogP contribution in [0.15, 0.2) is 12.3 Å². The fourth-order valence-corrected chi connectivity index (χ4v) is 1.84. The van der Waals surface area contributed by atoms with E-state index in [0.717, 1.165) is 0 Å². The van der Waals surface area contributed by atoms with Crippen molar-refractivity contribution in [2.24, 2.45) is 11.7 Å². The molecule has 0 atom stereocenters. The lowest BCUT2D eigenvalue weighted by molar-refractivity contribution is -0.118. The Balaban J connectivity index is 2.97. The number of rotatable bonds is 5. The molecule has 7 heteroatoms. The highest BCUT2D eigenvalue weighted by atomic mass is 35.5. The molecule has 0 saturated heterocycles. The van der Waals surface area contributed by atoms with E-state index >= 15 is 0 Å². The van der Waals surface area contributed by atoms with Gasteiger partial charge in [0.15, 0.2) is 0 Å². The Hall–Kier alpha value is -1.33. The Morgan fingerprint density at radius 3 is 2.53 bits per heavy atom. The highest BCUT2D eigenvalue weighted by Gasteiger charge is 2.19. The number of carbonyl (C=O) groups is 2. The largest absolute Gasteiger partial charge is 0.368 e. The van der Waals surface area contributed by atoms with E-state index in [1.807, 2.05) is 13.8 Å². The van der Waals surface area contributed by atoms with Crippen molar-refractivity contribution in [3.63, 3.8) is 0 Å². The first kappa shape index (κ1) is 15.7. The molecule has 0 aliphatic rings. The van der Waals surface area contributed by atoms with Gasteiger partial charge in [-0.3, -0.25) is 9.59 Å². The Morgan fingerprint density at radius 1 is 1.42 bits per heavy atom. The predicted molar refractivity (Wildman–Crippen MR) is 74.2 cm³/mol. The lowest BCUT2D eigenvalue weighted by Gasteiger charge is -2.23. The summed E-state index contributed by atoms with van der Waals surface area (Å²) >= 11 is 11.5. The molecule has 0 aliphatic heterocycles. The zero-order valence-electron chi connectivity index (χ0n) is 10.7. The van der Waals surface area contributed by atoms with E-state index in [9.17, 15) is 9.59 Å². The minimum absolute atomic E-state index is 0.128. The average Bonchev–Trinajstić information content (AvgIpc) is 2.29. The molecule has 5 nitrogen and oxygen atoms in total. The summed E-state index contributed by atoms with van der Waals surface area (Å²) in [7, 11) is 0. The van der Waals surface area contributed by atoms with Crippen molar-refractivity contribution in [3.8, 4) is 0 Å². The maximum atomic E-state index is 12.3. The topological polar surface area (TPSA) is 76.3 Å². The molecule has 2 amide bonds. The van der Waals surface area contributed by atoms with Crippen LogP contribution in [0.25, 0.3) is 0 Å². The number of hydrogen-bond donors (Lipinski definition) is 1. The lowest BCUT2D eigenvalue weighted by Crippen LogP contribution is -2.40. The fraction of sp³-hybridized carbons (Fsp3) is 0.417. The second-order valence-electron chi connectivity index (χ2n) is 4.54. The van der Waals surface area contributed by atoms with Crippen LogP contribution in [0.4, 0.5) is 0 Å². The molecule has 0 aromatic carbocycles. The number of primary amides is 1. The normalized spacial score (nSPS) is 10.6. The van der Waals surface area contributed by atoms with Crippen LogP contribution < -0.4 is 5.73 Å². The summed E-state index contributed by atoms with van der Waals surface area (Å²) < 4.78 is 0. The van der Waals surface area contributed by atoms with Gasteiger partial charge in [-0.1, -0.05) is 37.0 Å². The first-order valence-corrected chi connectivity index (χ1v) is 6.45. The van der Waals surface area contributed by atoms with E-state index in [0.29, 0.717) is 6.54 Å². The number of halogens is 2. The minimum atomic E-state index is -0.568. The van der Waals surface area contributed by atoms with Gasteiger partial charge in [-0.25, -0.2) is 4.98 Å². The van der Waals surface area contributed by atoms with Gasteiger partial charge in [0.2, 0.25) is 5.91 Å². The van der Waals surface area contributed by atoms with Gasteiger partial charge in [-0.15, -0.1) is 0 Å². The van der Waals surface area contributed by atoms with E-state index in [4.69, 9.17) is 28.9 Å². The highest BCUT2D eigenvalue weighted by Crippen LogP contribution is 2.20. The quantitative estimate of drug-likeness (QED) is 0.845. The van der Waals surface area contributed by atoms with Crippen molar-refractivity contribution < 1.29 is 9.59 Å². The molecule has 1 aromatic rings. The van der Waals surface area contributed by atoms with Crippen molar-refractivity contribution in [1.82, 2.24) is 9.88 Å². The van der Waals surface area contributed by atoms with Crippen LogP contribution in [0.3, 0.4) is 0 Å². The molecule has 1 rings (SSSR count). The number of nitrogens with two attached hydrogens (primary N) is 1. The van der Waals surface area contributed by atoms with Gasteiger partial charge in [0, 0.05) is 12.7 Å². The smallest absolute Gasteiger partial charge is 0.255 e. The zero-order valence-corrected chi connectivity index (χ0v) is 12.2. The number of hydrogen-bond acceptors (Lipinski definition) is 3. The summed E-state index contributed by atoms with van der Waals surface area (Å²) in [6.07, 6.45) is 1.32. The van der Waals surface area contributed by atoms with Crippen molar-refractivity contribution in [2.45, 2.75) is 13.8 Å². The van der Waals surface area contributed by atoms with Crippen LogP contribution in [0, 0.1) is 5.92 Å². The molecule has 0 unspecified atom stereocenters. The summed E-state index contributed by atoms with van der Waals surface area (Å²) in [6.45, 7) is 4.15. The molecular weight excluding hydrogens is 289 g/mol. The number of nitrogens with zero attached hydrogens (tertiary/aromatic N) is 2. The molecule has 0 fully saturated rings. The van der Waals surface area contributed by atoms with Crippen LogP contribution in [-0.4, -0.2) is 34.8 Å². The van der Waals surface area contributed by atoms with Crippen molar-refractivity contribution in [3.05, 3.63) is 28.0 Å². The number of pyridine rings is 1. The van der Waals surface area contributed by atoms with Crippen molar-refractivity contribution >= 4 is 35.0 Å². The number of amides is 2. The van der Waals surface area contributed by atoms with Gasteiger partial charge in [0.05, 0.1) is 17.1 Å². The summed E-state index contributed by atoms with van der Waals surface area (Å²) in [5, 5.41) is 0.319. The van der Waals surface area contributed by atoms with Gasteiger partial charge >= 0.3 is 0 Å². The van der Waals surface area contributed by atoms with Crippen molar-refractivity contribution in [2.75, 3.05) is 13.1 Å². The molecule has 0 bridgehead atoms. The second-order valence-corrected chi connectivity index (χ2v) is 5.31.